The van der Waals surface area contributed by atoms with Crippen molar-refractivity contribution in [2.75, 3.05) is 6.54 Å². The molecule has 0 spiro atoms. The van der Waals surface area contributed by atoms with Gasteiger partial charge in [-0.05, 0) is 38.0 Å². The van der Waals surface area contributed by atoms with E-state index in [-0.39, 0.29) is 18.0 Å². The van der Waals surface area contributed by atoms with Gasteiger partial charge in [-0.15, -0.1) is 0 Å². The van der Waals surface area contributed by atoms with Crippen LogP contribution in [0.4, 0.5) is 0 Å². The number of likely N-dealkylation sites (N-methyl/N-ethyl adjacent to an activating group) is 1. The number of rotatable bonds is 5. The van der Waals surface area contributed by atoms with Gasteiger partial charge in [-0.2, -0.15) is 5.10 Å². The number of nitrogens with zero attached hydrogens (tertiary/aromatic N) is 3. The van der Waals surface area contributed by atoms with Gasteiger partial charge in [0.25, 0.3) is 5.56 Å². The summed E-state index contributed by atoms with van der Waals surface area (Å²) in [4.78, 5) is 27.9. The minimum absolute atomic E-state index is 0.0753. The zero-order chi connectivity index (χ0) is 15.5. The molecule has 2 aromatic heterocycles. The van der Waals surface area contributed by atoms with Crippen LogP contribution >= 0.6 is 0 Å². The zero-order valence-corrected chi connectivity index (χ0v) is 12.5. The molecule has 1 aliphatic carbocycles. The van der Waals surface area contributed by atoms with Gasteiger partial charge in [-0.25, -0.2) is 4.68 Å². The van der Waals surface area contributed by atoms with E-state index < -0.39 is 0 Å². The lowest BCUT2D eigenvalue weighted by Gasteiger charge is -2.07. The highest BCUT2D eigenvalue weighted by Gasteiger charge is 2.24. The first-order valence-electron chi connectivity index (χ1n) is 7.48. The quantitative estimate of drug-likeness (QED) is 0.903. The number of amides is 1. The first-order valence-corrected chi connectivity index (χ1v) is 7.48. The van der Waals surface area contributed by atoms with Crippen molar-refractivity contribution in [3.8, 4) is 11.3 Å². The maximum absolute atomic E-state index is 11.8. The fraction of sp³-hybridized carbons (Fsp3) is 0.375. The smallest absolute Gasteiger partial charge is 0.267 e. The van der Waals surface area contributed by atoms with Crippen LogP contribution in [0.15, 0.2) is 35.3 Å². The fourth-order valence-corrected chi connectivity index (χ4v) is 2.28. The molecule has 1 saturated carbocycles. The molecule has 1 aliphatic rings. The second kappa shape index (κ2) is 6.09. The highest BCUT2D eigenvalue weighted by Crippen LogP contribution is 2.39. The largest absolute Gasteiger partial charge is 0.355 e. The van der Waals surface area contributed by atoms with Crippen LogP contribution in [0.1, 0.15) is 31.4 Å². The Kier molecular flexibility index (Phi) is 4.00. The molecule has 0 aromatic carbocycles. The third-order valence-electron chi connectivity index (χ3n) is 3.61. The van der Waals surface area contributed by atoms with Gasteiger partial charge in [-0.3, -0.25) is 14.6 Å². The van der Waals surface area contributed by atoms with Gasteiger partial charge in [0.15, 0.2) is 0 Å². The molecule has 0 atom stereocenters. The Morgan fingerprint density at radius 1 is 1.32 bits per heavy atom. The molecular formula is C16H18N4O2. The number of nitrogens with one attached hydrogen (secondary N) is 1. The summed E-state index contributed by atoms with van der Waals surface area (Å²) in [6.45, 7) is 2.28. The lowest BCUT2D eigenvalue weighted by Crippen LogP contribution is -2.33. The summed E-state index contributed by atoms with van der Waals surface area (Å²) in [5.41, 5.74) is 2.30. The minimum atomic E-state index is -0.294. The first kappa shape index (κ1) is 14.4. The van der Waals surface area contributed by atoms with Crippen molar-refractivity contribution in [2.45, 2.75) is 32.2 Å². The van der Waals surface area contributed by atoms with Gasteiger partial charge in [-0.1, -0.05) is 0 Å². The van der Waals surface area contributed by atoms with Crippen molar-refractivity contribution in [3.05, 3.63) is 46.5 Å². The molecule has 0 unspecified atom stereocenters. The minimum Gasteiger partial charge on any atom is -0.355 e. The van der Waals surface area contributed by atoms with Gasteiger partial charge in [0.05, 0.1) is 5.69 Å². The van der Waals surface area contributed by atoms with E-state index in [1.165, 1.54) is 23.6 Å². The molecule has 6 heteroatoms. The molecule has 22 heavy (non-hydrogen) atoms. The molecule has 1 fully saturated rings. The summed E-state index contributed by atoms with van der Waals surface area (Å²) in [6, 6.07) is 7.05. The highest BCUT2D eigenvalue weighted by atomic mass is 16.2. The van der Waals surface area contributed by atoms with Crippen molar-refractivity contribution in [1.82, 2.24) is 20.1 Å². The van der Waals surface area contributed by atoms with Crippen LogP contribution in [0.5, 0.6) is 0 Å². The maximum Gasteiger partial charge on any atom is 0.267 e. The molecule has 0 radical (unpaired) electrons. The van der Waals surface area contributed by atoms with E-state index in [9.17, 15) is 9.59 Å². The van der Waals surface area contributed by atoms with Crippen molar-refractivity contribution >= 4 is 5.91 Å². The van der Waals surface area contributed by atoms with E-state index in [0.717, 1.165) is 11.3 Å². The molecule has 1 N–H and O–H groups in total. The average molecular weight is 298 g/mol. The van der Waals surface area contributed by atoms with Crippen LogP contribution in [-0.4, -0.2) is 27.2 Å². The van der Waals surface area contributed by atoms with Gasteiger partial charge in [0.2, 0.25) is 5.91 Å². The number of aromatic nitrogens is 3. The number of hydrogen-bond donors (Lipinski definition) is 1. The number of pyridine rings is 1. The van der Waals surface area contributed by atoms with Crippen molar-refractivity contribution in [1.29, 1.82) is 0 Å². The molecule has 0 bridgehead atoms. The van der Waals surface area contributed by atoms with Crippen molar-refractivity contribution in [2.24, 2.45) is 0 Å². The van der Waals surface area contributed by atoms with Crippen LogP contribution in [0.25, 0.3) is 11.3 Å². The van der Waals surface area contributed by atoms with Gasteiger partial charge >= 0.3 is 0 Å². The molecule has 1 amide bonds. The van der Waals surface area contributed by atoms with E-state index >= 15 is 0 Å². The number of carbonyl (C=O) groups is 1. The van der Waals surface area contributed by atoms with Crippen molar-refractivity contribution < 1.29 is 4.79 Å². The molecular weight excluding hydrogens is 280 g/mol. The topological polar surface area (TPSA) is 76.9 Å². The molecule has 3 rings (SSSR count). The van der Waals surface area contributed by atoms with E-state index in [2.05, 4.69) is 15.4 Å². The Hall–Kier alpha value is -2.50. The Morgan fingerprint density at radius 3 is 2.77 bits per heavy atom. The van der Waals surface area contributed by atoms with E-state index in [1.807, 2.05) is 19.1 Å². The van der Waals surface area contributed by atoms with Crippen LogP contribution in [0.2, 0.25) is 0 Å². The molecule has 2 aromatic rings. The zero-order valence-electron chi connectivity index (χ0n) is 12.5. The number of carbonyl (C=O) groups excluding carboxylic acids is 1. The van der Waals surface area contributed by atoms with E-state index in [0.29, 0.717) is 18.2 Å². The van der Waals surface area contributed by atoms with E-state index in [4.69, 9.17) is 0 Å². The lowest BCUT2D eigenvalue weighted by atomic mass is 10.1. The highest BCUT2D eigenvalue weighted by molar-refractivity contribution is 5.75. The van der Waals surface area contributed by atoms with Crippen LogP contribution in [0.3, 0.4) is 0 Å². The van der Waals surface area contributed by atoms with Gasteiger partial charge < -0.3 is 5.32 Å². The van der Waals surface area contributed by atoms with E-state index in [1.54, 1.807) is 12.3 Å². The molecule has 114 valence electrons. The number of hydrogen-bond acceptors (Lipinski definition) is 4. The summed E-state index contributed by atoms with van der Waals surface area (Å²) in [7, 11) is 0. The van der Waals surface area contributed by atoms with Crippen molar-refractivity contribution in [3.63, 3.8) is 0 Å². The Morgan fingerprint density at radius 2 is 2.14 bits per heavy atom. The standard InChI is InChI=1S/C16H18N4O2/c1-2-17-15(21)10-20-16(22)8-7-14(19-20)12-5-6-13(18-9-12)11-3-4-11/h5-9,11H,2-4,10H2,1H3,(H,17,21). The maximum atomic E-state index is 11.8. The lowest BCUT2D eigenvalue weighted by molar-refractivity contribution is -0.121. The van der Waals surface area contributed by atoms with Crippen LogP contribution < -0.4 is 10.9 Å². The second-order valence-electron chi connectivity index (χ2n) is 5.41. The molecule has 2 heterocycles. The van der Waals surface area contributed by atoms with Crippen LogP contribution in [0, 0.1) is 0 Å². The summed E-state index contributed by atoms with van der Waals surface area (Å²) in [5.74, 6) is 0.380. The Labute approximate surface area is 128 Å². The van der Waals surface area contributed by atoms with Gasteiger partial charge in [0.1, 0.15) is 6.54 Å². The summed E-state index contributed by atoms with van der Waals surface area (Å²) in [6.07, 6.45) is 4.20. The average Bonchev–Trinajstić information content (AvgIpc) is 3.35. The van der Waals surface area contributed by atoms with Crippen LogP contribution in [-0.2, 0) is 11.3 Å². The predicted octanol–water partition coefficient (Wildman–Crippen LogP) is 1.32. The summed E-state index contributed by atoms with van der Waals surface area (Å²) >= 11 is 0. The Balaban J connectivity index is 1.84. The summed E-state index contributed by atoms with van der Waals surface area (Å²) in [5, 5.41) is 6.91. The third kappa shape index (κ3) is 3.21. The fourth-order valence-electron chi connectivity index (χ4n) is 2.28. The third-order valence-corrected chi connectivity index (χ3v) is 3.61. The predicted molar refractivity (Wildman–Crippen MR) is 82.4 cm³/mol. The first-order chi connectivity index (χ1) is 10.7. The van der Waals surface area contributed by atoms with Gasteiger partial charge in [0, 0.05) is 36.0 Å². The molecule has 6 nitrogen and oxygen atoms in total. The normalized spacial score (nSPS) is 13.9. The summed E-state index contributed by atoms with van der Waals surface area (Å²) < 4.78 is 1.18. The monoisotopic (exact) mass is 298 g/mol. The SMILES string of the molecule is CCNC(=O)Cn1nc(-c2ccc(C3CC3)nc2)ccc1=O. The Bertz CT molecular complexity index is 733. The molecule has 0 aliphatic heterocycles. The second-order valence-corrected chi connectivity index (χ2v) is 5.41. The molecule has 0 saturated heterocycles.